The number of nitrogens with zero attached hydrogens (tertiary/aromatic N) is 5. The van der Waals surface area contributed by atoms with Gasteiger partial charge in [0, 0.05) is 18.0 Å². The van der Waals surface area contributed by atoms with Gasteiger partial charge in [0.05, 0.1) is 5.39 Å². The maximum atomic E-state index is 12.6. The van der Waals surface area contributed by atoms with Crippen molar-refractivity contribution in [2.45, 2.75) is 40.2 Å². The van der Waals surface area contributed by atoms with Crippen molar-refractivity contribution in [1.29, 1.82) is 0 Å². The van der Waals surface area contributed by atoms with Gasteiger partial charge in [-0.15, -0.1) is 16.4 Å². The predicted molar refractivity (Wildman–Crippen MR) is 97.1 cm³/mol. The van der Waals surface area contributed by atoms with E-state index in [0.717, 1.165) is 46.6 Å². The number of carbonyl (C=O) groups is 1. The van der Waals surface area contributed by atoms with Crippen molar-refractivity contribution in [3.63, 3.8) is 0 Å². The fraction of sp³-hybridized carbons (Fsp3) is 0.529. The fourth-order valence-electron chi connectivity index (χ4n) is 3.36. The Balaban J connectivity index is 1.71. The van der Waals surface area contributed by atoms with Crippen LogP contribution in [0.1, 0.15) is 30.2 Å². The molecule has 1 aliphatic heterocycles. The van der Waals surface area contributed by atoms with Crippen molar-refractivity contribution in [2.75, 3.05) is 13.1 Å². The molecule has 1 saturated heterocycles. The lowest BCUT2D eigenvalue weighted by Gasteiger charge is -2.30. The zero-order chi connectivity index (χ0) is 17.7. The molecule has 0 N–H and O–H groups in total. The Labute approximate surface area is 148 Å². The van der Waals surface area contributed by atoms with Crippen molar-refractivity contribution >= 4 is 33.1 Å². The van der Waals surface area contributed by atoms with Crippen molar-refractivity contribution in [1.82, 2.24) is 24.1 Å². The Bertz CT molecular complexity index is 1020. The highest BCUT2D eigenvalue weighted by Crippen LogP contribution is 2.30. The maximum Gasteiger partial charge on any atom is 0.352 e. The number of aromatic nitrogens is 4. The zero-order valence-electron chi connectivity index (χ0n) is 14.7. The Morgan fingerprint density at radius 1 is 1.32 bits per heavy atom. The molecule has 0 spiro atoms. The van der Waals surface area contributed by atoms with E-state index in [4.69, 9.17) is 0 Å². The van der Waals surface area contributed by atoms with Crippen LogP contribution in [0, 0.1) is 19.8 Å². The molecule has 4 rings (SSSR count). The van der Waals surface area contributed by atoms with Gasteiger partial charge in [-0.1, -0.05) is 6.92 Å². The summed E-state index contributed by atoms with van der Waals surface area (Å²) in [5.41, 5.74) is 1.36. The summed E-state index contributed by atoms with van der Waals surface area (Å²) in [7, 11) is 0. The van der Waals surface area contributed by atoms with Crippen LogP contribution >= 0.6 is 11.3 Å². The summed E-state index contributed by atoms with van der Waals surface area (Å²) in [5.74, 6) is 0.617. The highest BCUT2D eigenvalue weighted by atomic mass is 32.1. The molecule has 1 aliphatic rings. The summed E-state index contributed by atoms with van der Waals surface area (Å²) < 4.78 is 2.70. The first kappa shape index (κ1) is 16.3. The molecule has 4 heterocycles. The smallest absolute Gasteiger partial charge is 0.341 e. The van der Waals surface area contributed by atoms with Gasteiger partial charge in [-0.2, -0.15) is 0 Å². The molecule has 0 aliphatic carbocycles. The summed E-state index contributed by atoms with van der Waals surface area (Å²) in [5, 5.41) is 5.35. The van der Waals surface area contributed by atoms with Gasteiger partial charge in [-0.3, -0.25) is 4.79 Å². The quantitative estimate of drug-likeness (QED) is 0.701. The number of likely N-dealkylation sites (tertiary alicyclic amines) is 1. The fourth-order valence-corrected chi connectivity index (χ4v) is 4.35. The molecular weight excluding hydrogens is 338 g/mol. The third-order valence-corrected chi connectivity index (χ3v) is 6.29. The van der Waals surface area contributed by atoms with E-state index in [1.165, 1.54) is 15.4 Å². The summed E-state index contributed by atoms with van der Waals surface area (Å²) >= 11 is 1.59. The second-order valence-corrected chi connectivity index (χ2v) is 8.11. The van der Waals surface area contributed by atoms with E-state index in [2.05, 4.69) is 17.0 Å². The molecule has 0 aromatic carbocycles. The third-order valence-electron chi connectivity index (χ3n) is 5.17. The molecule has 3 aromatic heterocycles. The monoisotopic (exact) mass is 359 g/mol. The topological polar surface area (TPSA) is 72.5 Å². The zero-order valence-corrected chi connectivity index (χ0v) is 15.5. The van der Waals surface area contributed by atoms with Crippen molar-refractivity contribution in [3.8, 4) is 0 Å². The van der Waals surface area contributed by atoms with Crippen LogP contribution in [0.15, 0.2) is 11.1 Å². The SMILES string of the molecule is Cc1sc2ncn3c(=O)n(CC(=O)N4CCC(C)CC4)nc3c2c1C. The van der Waals surface area contributed by atoms with Crippen molar-refractivity contribution < 1.29 is 4.79 Å². The van der Waals surface area contributed by atoms with Crippen LogP contribution in [-0.4, -0.2) is 43.1 Å². The normalized spacial score (nSPS) is 16.2. The largest absolute Gasteiger partial charge is 0.352 e. The molecule has 0 unspecified atom stereocenters. The van der Waals surface area contributed by atoms with E-state index < -0.39 is 0 Å². The van der Waals surface area contributed by atoms with Gasteiger partial charge in [0.25, 0.3) is 0 Å². The summed E-state index contributed by atoms with van der Waals surface area (Å²) in [6.07, 6.45) is 3.54. The van der Waals surface area contributed by atoms with Crippen LogP contribution in [0.2, 0.25) is 0 Å². The Hall–Kier alpha value is -2.22. The van der Waals surface area contributed by atoms with Crippen molar-refractivity contribution in [3.05, 3.63) is 27.3 Å². The number of hydrogen-bond acceptors (Lipinski definition) is 5. The van der Waals surface area contributed by atoms with Gasteiger partial charge < -0.3 is 4.90 Å². The second-order valence-electron chi connectivity index (χ2n) is 6.91. The van der Waals surface area contributed by atoms with Gasteiger partial charge in [0.15, 0.2) is 5.65 Å². The average molecular weight is 359 g/mol. The number of hydrogen-bond donors (Lipinski definition) is 0. The number of rotatable bonds is 2. The molecule has 132 valence electrons. The summed E-state index contributed by atoms with van der Waals surface area (Å²) in [6.45, 7) is 7.76. The van der Waals surface area contributed by atoms with Crippen LogP contribution in [-0.2, 0) is 11.3 Å². The summed E-state index contributed by atoms with van der Waals surface area (Å²) in [4.78, 5) is 33.4. The highest BCUT2D eigenvalue weighted by Gasteiger charge is 2.22. The average Bonchev–Trinajstić information content (AvgIpc) is 3.05. The summed E-state index contributed by atoms with van der Waals surface area (Å²) in [6, 6.07) is 0. The Morgan fingerprint density at radius 2 is 2.04 bits per heavy atom. The van der Waals surface area contributed by atoms with Crippen LogP contribution in [0.25, 0.3) is 15.9 Å². The molecule has 3 aromatic rings. The highest BCUT2D eigenvalue weighted by molar-refractivity contribution is 7.18. The van der Waals surface area contributed by atoms with Crippen LogP contribution < -0.4 is 5.69 Å². The van der Waals surface area contributed by atoms with E-state index in [-0.39, 0.29) is 18.1 Å². The van der Waals surface area contributed by atoms with Gasteiger partial charge in [0.2, 0.25) is 5.91 Å². The molecule has 8 heteroatoms. The molecule has 0 saturated carbocycles. The van der Waals surface area contributed by atoms with Gasteiger partial charge in [-0.25, -0.2) is 18.9 Å². The molecule has 1 fully saturated rings. The third kappa shape index (κ3) is 2.64. The van der Waals surface area contributed by atoms with E-state index in [1.807, 2.05) is 18.7 Å². The number of piperidine rings is 1. The van der Waals surface area contributed by atoms with Gasteiger partial charge in [-0.05, 0) is 38.2 Å². The number of thiophene rings is 1. The van der Waals surface area contributed by atoms with E-state index >= 15 is 0 Å². The van der Waals surface area contributed by atoms with E-state index in [9.17, 15) is 9.59 Å². The minimum Gasteiger partial charge on any atom is -0.341 e. The first-order valence-electron chi connectivity index (χ1n) is 8.57. The predicted octanol–water partition coefficient (Wildman–Crippen LogP) is 1.98. The molecule has 0 bridgehead atoms. The molecule has 25 heavy (non-hydrogen) atoms. The van der Waals surface area contributed by atoms with E-state index in [0.29, 0.717) is 11.6 Å². The van der Waals surface area contributed by atoms with Gasteiger partial charge in [0.1, 0.15) is 17.7 Å². The minimum absolute atomic E-state index is 0.0153. The number of aryl methyl sites for hydroxylation is 2. The van der Waals surface area contributed by atoms with Crippen molar-refractivity contribution in [2.24, 2.45) is 5.92 Å². The lowest BCUT2D eigenvalue weighted by molar-refractivity contribution is -0.133. The Kier molecular flexibility index (Phi) is 3.87. The molecule has 0 radical (unpaired) electrons. The standard InChI is InChI=1S/C17H21N5O2S/c1-10-4-6-20(7-5-10)13(23)8-22-17(24)21-9-18-16-14(15(21)19-22)11(2)12(3)25-16/h9-10H,4-8H2,1-3H3. The van der Waals surface area contributed by atoms with Crippen LogP contribution in [0.3, 0.4) is 0 Å². The van der Waals surface area contributed by atoms with Crippen LogP contribution in [0.5, 0.6) is 0 Å². The van der Waals surface area contributed by atoms with E-state index in [1.54, 1.807) is 11.3 Å². The number of amides is 1. The lowest BCUT2D eigenvalue weighted by Crippen LogP contribution is -2.41. The van der Waals surface area contributed by atoms with Gasteiger partial charge >= 0.3 is 5.69 Å². The van der Waals surface area contributed by atoms with Crippen LogP contribution in [0.4, 0.5) is 0 Å². The number of fused-ring (bicyclic) bond motifs is 3. The molecule has 1 amide bonds. The Morgan fingerprint density at radius 3 is 2.76 bits per heavy atom. The molecular formula is C17H21N5O2S. The first-order valence-corrected chi connectivity index (χ1v) is 9.39. The number of carbonyl (C=O) groups excluding carboxylic acids is 1. The maximum absolute atomic E-state index is 12.6. The second kappa shape index (κ2) is 5.94. The lowest BCUT2D eigenvalue weighted by atomic mass is 9.99. The molecule has 0 atom stereocenters. The first-order chi connectivity index (χ1) is 12.0. The minimum atomic E-state index is -0.314. The molecule has 7 nitrogen and oxygen atoms in total.